The minimum atomic E-state index is -4.60. The van der Waals surface area contributed by atoms with Crippen LogP contribution in [0.1, 0.15) is 6.42 Å². The van der Waals surface area contributed by atoms with Gasteiger partial charge in [0.25, 0.3) is 10.0 Å². The van der Waals surface area contributed by atoms with Gasteiger partial charge >= 0.3 is 12.3 Å². The number of sulfonamides is 1. The average Bonchev–Trinajstić information content (AvgIpc) is 2.89. The molecule has 1 amide bonds. The normalized spacial score (nSPS) is 17.8. The molecule has 8 nitrogen and oxygen atoms in total. The first-order chi connectivity index (χ1) is 10.7. The van der Waals surface area contributed by atoms with E-state index in [0.717, 1.165) is 15.4 Å². The van der Waals surface area contributed by atoms with E-state index in [1.165, 1.54) is 6.33 Å². The number of aromatic amines is 1. The molecule has 0 bridgehead atoms. The Morgan fingerprint density at radius 3 is 2.65 bits per heavy atom. The lowest BCUT2D eigenvalue weighted by Crippen LogP contribution is -2.38. The summed E-state index contributed by atoms with van der Waals surface area (Å²) < 4.78 is 66.1. The molecule has 0 radical (unpaired) electrons. The van der Waals surface area contributed by atoms with Gasteiger partial charge in [0.15, 0.2) is 11.6 Å². The second kappa shape index (κ2) is 6.74. The molecule has 1 aromatic heterocycles. The van der Waals surface area contributed by atoms with Crippen molar-refractivity contribution in [3.8, 4) is 0 Å². The van der Waals surface area contributed by atoms with Crippen LogP contribution in [-0.2, 0) is 14.8 Å². The summed E-state index contributed by atoms with van der Waals surface area (Å²) in [6, 6.07) is 0. The molecule has 130 valence electrons. The Balaban J connectivity index is 1.96. The molecule has 1 aliphatic heterocycles. The molecule has 0 aliphatic carbocycles. The number of aromatic nitrogens is 2. The topological polar surface area (TPSA) is 95.6 Å². The maximum absolute atomic E-state index is 12.3. The molecule has 1 fully saturated rings. The number of hydrogen-bond acceptors (Lipinski definition) is 5. The molecular formula is C11H15F3N4O4S. The van der Waals surface area contributed by atoms with Gasteiger partial charge in [-0.1, -0.05) is 0 Å². The summed E-state index contributed by atoms with van der Waals surface area (Å²) in [4.78, 5) is 18.8. The minimum Gasteiger partial charge on any atom is -0.440 e. The highest BCUT2D eigenvalue weighted by Crippen LogP contribution is 2.17. The lowest BCUT2D eigenvalue weighted by molar-refractivity contribution is -0.162. The summed E-state index contributed by atoms with van der Waals surface area (Å²) in [5.41, 5.74) is 0. The number of carbonyl (C=O) groups is 1. The van der Waals surface area contributed by atoms with E-state index in [9.17, 15) is 26.4 Å². The first-order valence-electron chi connectivity index (χ1n) is 6.67. The van der Waals surface area contributed by atoms with Crippen LogP contribution in [0.3, 0.4) is 0 Å². The van der Waals surface area contributed by atoms with Crippen LogP contribution in [0.5, 0.6) is 0 Å². The molecule has 2 heterocycles. The lowest BCUT2D eigenvalue weighted by atomic mass is 10.4. The quantitative estimate of drug-likeness (QED) is 0.865. The largest absolute Gasteiger partial charge is 0.440 e. The summed E-state index contributed by atoms with van der Waals surface area (Å²) in [5.74, 6) is 0. The summed E-state index contributed by atoms with van der Waals surface area (Å²) in [6.45, 7) is -1.50. The van der Waals surface area contributed by atoms with Gasteiger partial charge < -0.3 is 14.6 Å². The van der Waals surface area contributed by atoms with E-state index < -0.39 is 28.9 Å². The third-order valence-corrected chi connectivity index (χ3v) is 4.99. The zero-order valence-electron chi connectivity index (χ0n) is 11.9. The minimum absolute atomic E-state index is 0.0392. The molecule has 1 aliphatic rings. The first-order valence-corrected chi connectivity index (χ1v) is 8.11. The van der Waals surface area contributed by atoms with Crippen molar-refractivity contribution in [2.45, 2.75) is 17.6 Å². The Morgan fingerprint density at radius 1 is 1.30 bits per heavy atom. The molecule has 0 atom stereocenters. The van der Waals surface area contributed by atoms with E-state index in [4.69, 9.17) is 0 Å². The van der Waals surface area contributed by atoms with Crippen molar-refractivity contribution >= 4 is 16.1 Å². The van der Waals surface area contributed by atoms with Crippen molar-refractivity contribution in [3.05, 3.63) is 12.5 Å². The summed E-state index contributed by atoms with van der Waals surface area (Å²) >= 11 is 0. The van der Waals surface area contributed by atoms with Crippen LogP contribution in [0, 0.1) is 0 Å². The summed E-state index contributed by atoms with van der Waals surface area (Å²) in [6.07, 6.45) is -3.03. The van der Waals surface area contributed by atoms with Crippen LogP contribution in [0.4, 0.5) is 18.0 Å². The van der Waals surface area contributed by atoms with E-state index in [-0.39, 0.29) is 37.6 Å². The molecule has 2 rings (SSSR count). The van der Waals surface area contributed by atoms with Gasteiger partial charge in [-0.25, -0.2) is 18.2 Å². The fraction of sp³-hybridized carbons (Fsp3) is 0.636. The Labute approximate surface area is 130 Å². The van der Waals surface area contributed by atoms with E-state index in [0.29, 0.717) is 0 Å². The van der Waals surface area contributed by atoms with E-state index in [2.05, 4.69) is 14.7 Å². The number of rotatable bonds is 3. The Hall–Kier alpha value is -1.82. The number of imidazole rings is 1. The number of H-pyrrole nitrogens is 1. The predicted molar refractivity (Wildman–Crippen MR) is 70.9 cm³/mol. The zero-order chi connectivity index (χ0) is 17.1. The molecule has 0 aromatic carbocycles. The fourth-order valence-corrected chi connectivity index (χ4v) is 3.44. The summed E-state index contributed by atoms with van der Waals surface area (Å²) in [7, 11) is -3.77. The Bertz CT molecular complexity index is 632. The number of nitrogens with one attached hydrogen (secondary N) is 1. The van der Waals surface area contributed by atoms with Crippen LogP contribution < -0.4 is 0 Å². The van der Waals surface area contributed by atoms with E-state index >= 15 is 0 Å². The third kappa shape index (κ3) is 4.58. The maximum Gasteiger partial charge on any atom is 0.422 e. The number of ether oxygens (including phenoxy) is 1. The standard InChI is InChI=1S/C11H15F3N4O4S/c12-11(13,14)7-22-10(19)17-2-1-3-18(5-4-17)23(20,21)9-6-15-8-16-9/h6,8H,1-5,7H2,(H,15,16). The number of alkyl halides is 3. The zero-order valence-corrected chi connectivity index (χ0v) is 12.7. The second-order valence-corrected chi connectivity index (χ2v) is 6.74. The van der Waals surface area contributed by atoms with Gasteiger partial charge in [-0.05, 0) is 6.42 Å². The van der Waals surface area contributed by atoms with Crippen molar-refractivity contribution < 1.29 is 31.1 Å². The number of nitrogens with zero attached hydrogens (tertiary/aromatic N) is 3. The highest BCUT2D eigenvalue weighted by Gasteiger charge is 2.33. The van der Waals surface area contributed by atoms with Gasteiger partial charge in [-0.3, -0.25) is 0 Å². The molecule has 0 spiro atoms. The molecule has 12 heteroatoms. The van der Waals surface area contributed by atoms with Gasteiger partial charge in [0, 0.05) is 26.2 Å². The van der Waals surface area contributed by atoms with Crippen LogP contribution >= 0.6 is 0 Å². The van der Waals surface area contributed by atoms with Crippen molar-refractivity contribution in [1.82, 2.24) is 19.2 Å². The fourth-order valence-electron chi connectivity index (χ4n) is 2.07. The molecule has 23 heavy (non-hydrogen) atoms. The van der Waals surface area contributed by atoms with E-state index in [1.807, 2.05) is 0 Å². The van der Waals surface area contributed by atoms with Crippen molar-refractivity contribution in [2.24, 2.45) is 0 Å². The number of halogens is 3. The second-order valence-electron chi connectivity index (χ2n) is 4.83. The summed E-state index contributed by atoms with van der Waals surface area (Å²) in [5, 5.41) is -0.0782. The number of hydrogen-bond donors (Lipinski definition) is 1. The van der Waals surface area contributed by atoms with Gasteiger partial charge in [0.2, 0.25) is 0 Å². The van der Waals surface area contributed by atoms with Gasteiger partial charge in [0.05, 0.1) is 12.5 Å². The SMILES string of the molecule is O=C(OCC(F)(F)F)N1CCCN(S(=O)(=O)c2cnc[nH]2)CC1. The van der Waals surface area contributed by atoms with Gasteiger partial charge in [-0.15, -0.1) is 0 Å². The maximum atomic E-state index is 12.3. The van der Waals surface area contributed by atoms with Crippen molar-refractivity contribution in [2.75, 3.05) is 32.8 Å². The number of amides is 1. The monoisotopic (exact) mass is 356 g/mol. The molecule has 0 unspecified atom stereocenters. The molecular weight excluding hydrogens is 341 g/mol. The Morgan fingerprint density at radius 2 is 2.04 bits per heavy atom. The predicted octanol–water partition coefficient (Wildman–Crippen LogP) is 0.805. The van der Waals surface area contributed by atoms with Gasteiger partial charge in [-0.2, -0.15) is 17.5 Å². The van der Waals surface area contributed by atoms with E-state index in [1.54, 1.807) is 0 Å². The molecule has 1 saturated heterocycles. The lowest BCUT2D eigenvalue weighted by Gasteiger charge is -2.21. The molecule has 1 N–H and O–H groups in total. The molecule has 0 saturated carbocycles. The Kier molecular flexibility index (Phi) is 5.14. The van der Waals surface area contributed by atoms with Crippen LogP contribution in [0.2, 0.25) is 0 Å². The third-order valence-electron chi connectivity index (χ3n) is 3.16. The van der Waals surface area contributed by atoms with Crippen molar-refractivity contribution in [1.29, 1.82) is 0 Å². The van der Waals surface area contributed by atoms with Crippen molar-refractivity contribution in [3.63, 3.8) is 0 Å². The smallest absolute Gasteiger partial charge is 0.422 e. The highest BCUT2D eigenvalue weighted by molar-refractivity contribution is 7.89. The number of carbonyl (C=O) groups excluding carboxylic acids is 1. The molecule has 1 aromatic rings. The van der Waals surface area contributed by atoms with Crippen LogP contribution in [0.15, 0.2) is 17.6 Å². The highest BCUT2D eigenvalue weighted by atomic mass is 32.2. The average molecular weight is 356 g/mol. The van der Waals surface area contributed by atoms with Crippen LogP contribution in [0.25, 0.3) is 0 Å². The first kappa shape index (κ1) is 17.5. The van der Waals surface area contributed by atoms with Crippen LogP contribution in [-0.4, -0.2) is 72.6 Å². The van der Waals surface area contributed by atoms with Gasteiger partial charge in [0.1, 0.15) is 0 Å².